The van der Waals surface area contributed by atoms with Crippen LogP contribution >= 0.6 is 0 Å². The van der Waals surface area contributed by atoms with Crippen molar-refractivity contribution in [1.29, 1.82) is 0 Å². The Morgan fingerprint density at radius 3 is 3.06 bits per heavy atom. The fourth-order valence-electron chi connectivity index (χ4n) is 1.76. The summed E-state index contributed by atoms with van der Waals surface area (Å²) in [4.78, 5) is 16.0. The summed E-state index contributed by atoms with van der Waals surface area (Å²) in [5.74, 6) is 0.608. The van der Waals surface area contributed by atoms with Crippen LogP contribution < -0.4 is 4.74 Å². The highest BCUT2D eigenvalue weighted by Crippen LogP contribution is 2.32. The third kappa shape index (κ3) is 1.37. The molecular weight excluding hydrogens is 202 g/mol. The van der Waals surface area contributed by atoms with Gasteiger partial charge < -0.3 is 4.74 Å². The highest BCUT2D eigenvalue weighted by Gasteiger charge is 2.26. The number of carbonyl (C=O) groups excluding carboxylic acids is 1. The number of allylic oxidation sites excluding steroid dienone is 2. The number of benzene rings is 1. The van der Waals surface area contributed by atoms with Gasteiger partial charge in [0.1, 0.15) is 11.4 Å². The standard InChI is InChI=1S/C13H9NO2/c15-11-6-3-4-9-8-14-10-5-1-2-7-12(10)16-13(9)11/h1-8,13H. The molecule has 1 heterocycles. The van der Waals surface area contributed by atoms with Gasteiger partial charge in [-0.2, -0.15) is 0 Å². The molecule has 0 amide bonds. The van der Waals surface area contributed by atoms with E-state index >= 15 is 0 Å². The molecule has 1 aliphatic heterocycles. The van der Waals surface area contributed by atoms with Crippen LogP contribution in [0.4, 0.5) is 5.69 Å². The Balaban J connectivity index is 2.10. The van der Waals surface area contributed by atoms with Crippen LogP contribution in [0, 0.1) is 0 Å². The first-order valence-electron chi connectivity index (χ1n) is 5.06. The van der Waals surface area contributed by atoms with E-state index in [1.165, 1.54) is 6.08 Å². The first-order valence-corrected chi connectivity index (χ1v) is 5.06. The lowest BCUT2D eigenvalue weighted by molar-refractivity contribution is -0.119. The molecule has 1 aliphatic carbocycles. The average Bonchev–Trinajstić information content (AvgIpc) is 2.50. The smallest absolute Gasteiger partial charge is 0.200 e. The van der Waals surface area contributed by atoms with Crippen molar-refractivity contribution in [2.45, 2.75) is 6.10 Å². The Morgan fingerprint density at radius 2 is 2.12 bits per heavy atom. The van der Waals surface area contributed by atoms with Gasteiger partial charge in [-0.05, 0) is 18.2 Å². The summed E-state index contributed by atoms with van der Waals surface area (Å²) in [5, 5.41) is 0. The minimum Gasteiger partial charge on any atom is -0.475 e. The van der Waals surface area contributed by atoms with Crippen molar-refractivity contribution < 1.29 is 9.53 Å². The number of hydrogen-bond donors (Lipinski definition) is 0. The highest BCUT2D eigenvalue weighted by molar-refractivity contribution is 6.04. The fourth-order valence-corrected chi connectivity index (χ4v) is 1.76. The monoisotopic (exact) mass is 211 g/mol. The number of para-hydroxylation sites is 2. The molecule has 3 nitrogen and oxygen atoms in total. The molecule has 1 aromatic carbocycles. The summed E-state index contributed by atoms with van der Waals surface area (Å²) in [6.45, 7) is 0. The van der Waals surface area contributed by atoms with Crippen LogP contribution in [0.15, 0.2) is 53.1 Å². The van der Waals surface area contributed by atoms with E-state index in [4.69, 9.17) is 4.74 Å². The first kappa shape index (κ1) is 9.09. The van der Waals surface area contributed by atoms with Crippen molar-refractivity contribution in [3.63, 3.8) is 0 Å². The molecule has 0 bridgehead atoms. The Labute approximate surface area is 92.8 Å². The molecule has 3 heteroatoms. The van der Waals surface area contributed by atoms with E-state index < -0.39 is 6.10 Å². The maximum absolute atomic E-state index is 11.7. The predicted octanol–water partition coefficient (Wildman–Crippen LogP) is 2.22. The molecule has 1 unspecified atom stereocenters. The molecule has 3 rings (SSSR count). The van der Waals surface area contributed by atoms with E-state index in [9.17, 15) is 4.79 Å². The summed E-state index contributed by atoms with van der Waals surface area (Å²) in [5.41, 5.74) is 1.55. The van der Waals surface area contributed by atoms with Gasteiger partial charge in [0.05, 0.1) is 0 Å². The number of aliphatic imine (C=N–C) groups is 1. The summed E-state index contributed by atoms with van der Waals surface area (Å²) >= 11 is 0. The zero-order chi connectivity index (χ0) is 11.0. The predicted molar refractivity (Wildman–Crippen MR) is 61.2 cm³/mol. The minimum absolute atomic E-state index is 0.0411. The van der Waals surface area contributed by atoms with Gasteiger partial charge in [-0.1, -0.05) is 24.3 Å². The van der Waals surface area contributed by atoms with Crippen LogP contribution in [0.2, 0.25) is 0 Å². The second-order valence-corrected chi connectivity index (χ2v) is 3.65. The summed E-state index contributed by atoms with van der Waals surface area (Å²) in [7, 11) is 0. The van der Waals surface area contributed by atoms with Gasteiger partial charge in [-0.25, -0.2) is 0 Å². The van der Waals surface area contributed by atoms with Crippen LogP contribution in [-0.2, 0) is 4.79 Å². The quantitative estimate of drug-likeness (QED) is 0.660. The molecule has 0 saturated carbocycles. The highest BCUT2D eigenvalue weighted by atomic mass is 16.5. The van der Waals surface area contributed by atoms with Crippen molar-refractivity contribution in [1.82, 2.24) is 0 Å². The van der Waals surface area contributed by atoms with E-state index in [0.29, 0.717) is 5.75 Å². The fraction of sp³-hybridized carbons (Fsp3) is 0.0769. The van der Waals surface area contributed by atoms with Crippen LogP contribution in [0.5, 0.6) is 5.75 Å². The Morgan fingerprint density at radius 1 is 1.25 bits per heavy atom. The summed E-state index contributed by atoms with van der Waals surface area (Å²) < 4.78 is 5.68. The lowest BCUT2D eigenvalue weighted by Gasteiger charge is -2.17. The van der Waals surface area contributed by atoms with E-state index in [2.05, 4.69) is 4.99 Å². The number of rotatable bonds is 0. The maximum atomic E-state index is 11.7. The van der Waals surface area contributed by atoms with Gasteiger partial charge >= 0.3 is 0 Å². The van der Waals surface area contributed by atoms with Crippen molar-refractivity contribution in [2.75, 3.05) is 0 Å². The number of carbonyl (C=O) groups is 1. The lowest BCUT2D eigenvalue weighted by atomic mass is 10.0. The third-order valence-electron chi connectivity index (χ3n) is 2.57. The second-order valence-electron chi connectivity index (χ2n) is 3.65. The number of ether oxygens (including phenoxy) is 1. The normalized spacial score (nSPS) is 21.6. The van der Waals surface area contributed by atoms with Crippen LogP contribution in [0.1, 0.15) is 0 Å². The zero-order valence-electron chi connectivity index (χ0n) is 8.46. The molecule has 0 N–H and O–H groups in total. The molecule has 0 aromatic heterocycles. The molecule has 78 valence electrons. The zero-order valence-corrected chi connectivity index (χ0v) is 8.46. The minimum atomic E-state index is -0.544. The van der Waals surface area contributed by atoms with E-state index in [-0.39, 0.29) is 5.78 Å². The molecule has 0 saturated heterocycles. The third-order valence-corrected chi connectivity index (χ3v) is 2.57. The number of hydrogen-bond acceptors (Lipinski definition) is 3. The van der Waals surface area contributed by atoms with Gasteiger partial charge in [-0.3, -0.25) is 9.79 Å². The van der Waals surface area contributed by atoms with Crippen molar-refractivity contribution >= 4 is 17.7 Å². The molecule has 1 atom stereocenters. The number of fused-ring (bicyclic) bond motifs is 2. The van der Waals surface area contributed by atoms with E-state index in [1.54, 1.807) is 12.3 Å². The lowest BCUT2D eigenvalue weighted by Crippen LogP contribution is -2.29. The summed E-state index contributed by atoms with van der Waals surface area (Å²) in [6, 6.07) is 7.44. The average molecular weight is 211 g/mol. The second kappa shape index (κ2) is 3.45. The maximum Gasteiger partial charge on any atom is 0.200 e. The SMILES string of the molecule is O=C1C=CC=C2C=Nc3ccccc3OC12. The largest absolute Gasteiger partial charge is 0.475 e. The Hall–Kier alpha value is -2.16. The Bertz CT molecular complexity index is 541. The van der Waals surface area contributed by atoms with E-state index in [1.807, 2.05) is 30.3 Å². The number of ketones is 1. The van der Waals surface area contributed by atoms with Gasteiger partial charge in [0, 0.05) is 11.8 Å². The van der Waals surface area contributed by atoms with E-state index in [0.717, 1.165) is 11.3 Å². The molecule has 0 fully saturated rings. The molecule has 1 aromatic rings. The first-order chi connectivity index (χ1) is 7.84. The molecule has 0 spiro atoms. The Kier molecular flexibility index (Phi) is 1.96. The number of nitrogens with zero attached hydrogens (tertiary/aromatic N) is 1. The van der Waals surface area contributed by atoms with Gasteiger partial charge in [-0.15, -0.1) is 0 Å². The van der Waals surface area contributed by atoms with Gasteiger partial charge in [0.15, 0.2) is 6.10 Å². The van der Waals surface area contributed by atoms with Crippen molar-refractivity contribution in [3.05, 3.63) is 48.1 Å². The topological polar surface area (TPSA) is 38.7 Å². The molecule has 2 aliphatic rings. The van der Waals surface area contributed by atoms with Crippen molar-refractivity contribution in [2.24, 2.45) is 4.99 Å². The molecule has 16 heavy (non-hydrogen) atoms. The summed E-state index contributed by atoms with van der Waals surface area (Å²) in [6.07, 6.45) is 6.24. The molecular formula is C13H9NO2. The van der Waals surface area contributed by atoms with Gasteiger partial charge in [0.2, 0.25) is 5.78 Å². The van der Waals surface area contributed by atoms with Crippen LogP contribution in [-0.4, -0.2) is 18.1 Å². The van der Waals surface area contributed by atoms with Gasteiger partial charge in [0.25, 0.3) is 0 Å². The van der Waals surface area contributed by atoms with Crippen molar-refractivity contribution in [3.8, 4) is 5.75 Å². The molecule has 0 radical (unpaired) electrons. The van der Waals surface area contributed by atoms with Crippen LogP contribution in [0.25, 0.3) is 0 Å². The van der Waals surface area contributed by atoms with Crippen LogP contribution in [0.3, 0.4) is 0 Å².